The van der Waals surface area contributed by atoms with E-state index in [0.717, 1.165) is 32.1 Å². The summed E-state index contributed by atoms with van der Waals surface area (Å²) < 4.78 is 26.8. The molecule has 2 saturated carbocycles. The average molecular weight is 559 g/mol. The van der Waals surface area contributed by atoms with Crippen molar-refractivity contribution in [3.8, 4) is 0 Å². The fourth-order valence-corrected chi connectivity index (χ4v) is 5.15. The van der Waals surface area contributed by atoms with E-state index in [9.17, 15) is 29.7 Å². The maximum Gasteiger partial charge on any atom is 0.333 e. The van der Waals surface area contributed by atoms with Crippen LogP contribution in [0, 0.1) is 11.8 Å². The van der Waals surface area contributed by atoms with Gasteiger partial charge in [0.25, 0.3) is 0 Å². The molecule has 0 aromatic carbocycles. The monoisotopic (exact) mass is 558 g/mol. The van der Waals surface area contributed by atoms with Gasteiger partial charge in [-0.2, -0.15) is 0 Å². The van der Waals surface area contributed by atoms with Gasteiger partial charge in [-0.15, -0.1) is 0 Å². The largest absolute Gasteiger partial charge is 0.466 e. The minimum Gasteiger partial charge on any atom is -0.466 e. The smallest absolute Gasteiger partial charge is 0.333 e. The van der Waals surface area contributed by atoms with Crippen LogP contribution in [0.25, 0.3) is 0 Å². The molecule has 0 bridgehead atoms. The zero-order chi connectivity index (χ0) is 29.1. The summed E-state index contributed by atoms with van der Waals surface area (Å²) in [5.74, 6) is -6.32. The van der Waals surface area contributed by atoms with Crippen LogP contribution in [0.2, 0.25) is 0 Å². The van der Waals surface area contributed by atoms with Gasteiger partial charge in [0.05, 0.1) is 19.3 Å². The third-order valence-corrected chi connectivity index (χ3v) is 7.27. The van der Waals surface area contributed by atoms with Gasteiger partial charge < -0.3 is 39.0 Å². The fraction of sp³-hybridized carbons (Fsp3) is 0.821. The van der Waals surface area contributed by atoms with E-state index in [1.54, 1.807) is 20.8 Å². The summed E-state index contributed by atoms with van der Waals surface area (Å²) in [5.41, 5.74) is 0.312. The quantitative estimate of drug-likeness (QED) is 0.165. The molecule has 224 valence electrons. The molecule has 11 heteroatoms. The first-order valence-electron chi connectivity index (χ1n) is 14.1. The van der Waals surface area contributed by atoms with Crippen LogP contribution in [0.15, 0.2) is 12.2 Å². The first kappa shape index (κ1) is 33.2. The van der Waals surface area contributed by atoms with Gasteiger partial charge in [-0.05, 0) is 59.3 Å². The predicted octanol–water partition coefficient (Wildman–Crippen LogP) is 2.53. The molecule has 0 aromatic rings. The number of carbonyl (C=O) groups excluding carboxylic acids is 3. The molecule has 5 unspecified atom stereocenters. The number of ether oxygens (including phenoxy) is 5. The first-order chi connectivity index (χ1) is 18.4. The zero-order valence-corrected chi connectivity index (χ0v) is 23.5. The van der Waals surface area contributed by atoms with Gasteiger partial charge in [0.1, 0.15) is 24.5 Å². The van der Waals surface area contributed by atoms with Crippen LogP contribution in [0.1, 0.15) is 85.0 Å². The molecule has 2 aliphatic carbocycles. The van der Waals surface area contributed by atoms with Crippen molar-refractivity contribution in [2.24, 2.45) is 11.8 Å². The highest BCUT2D eigenvalue weighted by Gasteiger charge is 2.48. The molecule has 0 spiro atoms. The lowest BCUT2D eigenvalue weighted by Crippen LogP contribution is -2.53. The Bertz CT molecular complexity index is 826. The second-order valence-electron chi connectivity index (χ2n) is 10.4. The topological polar surface area (TPSA) is 158 Å². The van der Waals surface area contributed by atoms with Gasteiger partial charge in [-0.25, -0.2) is 4.79 Å². The van der Waals surface area contributed by atoms with E-state index in [4.69, 9.17) is 23.7 Å². The number of aliphatic hydroxyl groups is 3. The summed E-state index contributed by atoms with van der Waals surface area (Å²) in [6, 6.07) is 0. The second-order valence-corrected chi connectivity index (χ2v) is 10.4. The zero-order valence-electron chi connectivity index (χ0n) is 23.5. The summed E-state index contributed by atoms with van der Waals surface area (Å²) in [6.45, 7) is 9.68. The molecule has 5 atom stereocenters. The van der Waals surface area contributed by atoms with E-state index in [1.165, 1.54) is 0 Å². The van der Waals surface area contributed by atoms with Crippen LogP contribution in [0.3, 0.4) is 0 Å². The van der Waals surface area contributed by atoms with Crippen molar-refractivity contribution < 1.29 is 53.4 Å². The Labute approximate surface area is 230 Å². The maximum absolute atomic E-state index is 12.3. The van der Waals surface area contributed by atoms with E-state index >= 15 is 0 Å². The van der Waals surface area contributed by atoms with Crippen molar-refractivity contribution in [1.29, 1.82) is 0 Å². The lowest BCUT2D eigenvalue weighted by Gasteiger charge is -2.43. The van der Waals surface area contributed by atoms with Gasteiger partial charge in [0, 0.05) is 25.0 Å². The van der Waals surface area contributed by atoms with E-state index in [2.05, 4.69) is 6.58 Å². The van der Waals surface area contributed by atoms with Crippen LogP contribution in [0.5, 0.6) is 0 Å². The van der Waals surface area contributed by atoms with E-state index in [1.807, 2.05) is 0 Å². The fourth-order valence-electron chi connectivity index (χ4n) is 5.15. The lowest BCUT2D eigenvalue weighted by molar-refractivity contribution is -0.295. The molecular weight excluding hydrogens is 512 g/mol. The minimum absolute atomic E-state index is 0.0243. The number of rotatable bonds is 9. The molecule has 1 saturated heterocycles. The lowest BCUT2D eigenvalue weighted by atomic mass is 9.83. The van der Waals surface area contributed by atoms with Crippen molar-refractivity contribution in [1.82, 2.24) is 0 Å². The Morgan fingerprint density at radius 2 is 1.44 bits per heavy atom. The Morgan fingerprint density at radius 3 is 2.03 bits per heavy atom. The average Bonchev–Trinajstić information content (AvgIpc) is 2.88. The van der Waals surface area contributed by atoms with Gasteiger partial charge in [-0.1, -0.05) is 19.4 Å². The predicted molar refractivity (Wildman–Crippen MR) is 139 cm³/mol. The first-order valence-corrected chi connectivity index (χ1v) is 14.1. The molecular formula is C28H46O11. The molecule has 11 nitrogen and oxygen atoms in total. The van der Waals surface area contributed by atoms with E-state index < -0.39 is 53.5 Å². The van der Waals surface area contributed by atoms with Crippen LogP contribution < -0.4 is 0 Å². The molecule has 3 rings (SSSR count). The van der Waals surface area contributed by atoms with Crippen molar-refractivity contribution in [2.75, 3.05) is 26.4 Å². The second kappa shape index (κ2) is 15.7. The molecule has 0 amide bonds. The SMILES string of the molecule is C=C(C)C(=O)OCC1OCCCC1OC1(O)CCCCC1C(=O)OCC.CCOC(=O)C1CCCCC1(O)O. The molecule has 0 aromatic heterocycles. The van der Waals surface area contributed by atoms with Crippen molar-refractivity contribution in [3.63, 3.8) is 0 Å². The normalized spacial score (nSPS) is 30.2. The Balaban J connectivity index is 0.000000344. The summed E-state index contributed by atoms with van der Waals surface area (Å²) in [4.78, 5) is 35.2. The highest BCUT2D eigenvalue weighted by molar-refractivity contribution is 5.86. The van der Waals surface area contributed by atoms with Crippen LogP contribution in [0.4, 0.5) is 0 Å². The van der Waals surface area contributed by atoms with E-state index in [0.29, 0.717) is 37.9 Å². The molecule has 3 N–H and O–H groups in total. The van der Waals surface area contributed by atoms with Crippen molar-refractivity contribution >= 4 is 17.9 Å². The highest BCUT2D eigenvalue weighted by Crippen LogP contribution is 2.38. The summed E-state index contributed by atoms with van der Waals surface area (Å²) in [7, 11) is 0. The van der Waals surface area contributed by atoms with Gasteiger partial charge in [-0.3, -0.25) is 9.59 Å². The molecule has 3 aliphatic rings. The van der Waals surface area contributed by atoms with Crippen LogP contribution in [-0.4, -0.2) is 83.4 Å². The molecule has 3 fully saturated rings. The minimum atomic E-state index is -1.86. The molecule has 0 radical (unpaired) electrons. The number of hydrogen-bond donors (Lipinski definition) is 3. The van der Waals surface area contributed by atoms with Crippen LogP contribution in [-0.2, 0) is 38.1 Å². The number of esters is 3. The Kier molecular flexibility index (Phi) is 13.3. The summed E-state index contributed by atoms with van der Waals surface area (Å²) in [5, 5.41) is 30.0. The van der Waals surface area contributed by atoms with Gasteiger partial charge in [0.2, 0.25) is 0 Å². The Morgan fingerprint density at radius 1 is 0.846 bits per heavy atom. The van der Waals surface area contributed by atoms with Gasteiger partial charge >= 0.3 is 17.9 Å². The van der Waals surface area contributed by atoms with Crippen molar-refractivity contribution in [3.05, 3.63) is 12.2 Å². The third-order valence-electron chi connectivity index (χ3n) is 7.27. The highest BCUT2D eigenvalue weighted by atomic mass is 16.7. The molecule has 1 aliphatic heterocycles. The molecule has 39 heavy (non-hydrogen) atoms. The molecule has 1 heterocycles. The number of hydrogen-bond acceptors (Lipinski definition) is 11. The maximum atomic E-state index is 12.3. The standard InChI is InChI=1S/C19H30O7.C9H16O4/c1-4-23-18(21)14-8-5-6-10-19(14,22)26-15-9-7-11-24-16(15)12-25-17(20)13(2)3;1-2-13-8(10)7-5-3-4-6-9(7,11)12/h14-16,22H,2,4-12H2,1,3H3;7,11-12H,2-6H2,1H3. The Hall–Kier alpha value is -2.05. The summed E-state index contributed by atoms with van der Waals surface area (Å²) >= 11 is 0. The van der Waals surface area contributed by atoms with Crippen molar-refractivity contribution in [2.45, 2.75) is 109 Å². The third kappa shape index (κ3) is 9.82. The van der Waals surface area contributed by atoms with Gasteiger partial charge in [0.15, 0.2) is 11.6 Å². The van der Waals surface area contributed by atoms with Crippen LogP contribution >= 0.6 is 0 Å². The summed E-state index contributed by atoms with van der Waals surface area (Å²) in [6.07, 6.45) is 5.37. The van der Waals surface area contributed by atoms with E-state index in [-0.39, 0.29) is 26.2 Å². The number of carbonyl (C=O) groups is 3.